The molecule has 1 N–H and O–H groups in total. The Labute approximate surface area is 132 Å². The number of carbonyl (C=O) groups is 1. The lowest BCUT2D eigenvalue weighted by molar-refractivity contribution is -0.119. The molecule has 2 aromatic rings. The first-order valence-electron chi connectivity index (χ1n) is 6.46. The average molecular weight is 326 g/mol. The van der Waals surface area contributed by atoms with Gasteiger partial charge in [0.2, 0.25) is 11.8 Å². The molecule has 0 radical (unpaired) electrons. The van der Waals surface area contributed by atoms with Gasteiger partial charge in [0.15, 0.2) is 5.82 Å². The van der Waals surface area contributed by atoms with Crippen molar-refractivity contribution in [3.8, 4) is 0 Å². The Morgan fingerprint density at radius 2 is 2.33 bits per heavy atom. The fourth-order valence-corrected chi connectivity index (χ4v) is 2.65. The Hall–Kier alpha value is -1.53. The lowest BCUT2D eigenvalue weighted by atomic mass is 10.1. The van der Waals surface area contributed by atoms with Crippen molar-refractivity contribution in [3.63, 3.8) is 0 Å². The van der Waals surface area contributed by atoms with Crippen molar-refractivity contribution in [2.24, 2.45) is 0 Å². The highest BCUT2D eigenvalue weighted by Gasteiger charge is 2.10. The summed E-state index contributed by atoms with van der Waals surface area (Å²) in [5.41, 5.74) is 0.981. The lowest BCUT2D eigenvalue weighted by Gasteiger charge is -2.14. The summed E-state index contributed by atoms with van der Waals surface area (Å²) in [6.45, 7) is 3.66. The van der Waals surface area contributed by atoms with Crippen molar-refractivity contribution in [1.29, 1.82) is 0 Å². The van der Waals surface area contributed by atoms with Gasteiger partial charge in [0.05, 0.1) is 17.5 Å². The predicted molar refractivity (Wildman–Crippen MR) is 83.2 cm³/mol. The van der Waals surface area contributed by atoms with E-state index in [0.717, 1.165) is 5.56 Å². The maximum Gasteiger partial charge on any atom is 0.230 e. The molecule has 21 heavy (non-hydrogen) atoms. The first-order valence-corrected chi connectivity index (χ1v) is 7.99. The SMILES string of the molecule is Cc1nc(CSCC(=O)NC(C)c2cccc(Cl)c2)no1. The van der Waals surface area contributed by atoms with E-state index < -0.39 is 0 Å². The molecule has 0 fully saturated rings. The number of rotatable bonds is 6. The van der Waals surface area contributed by atoms with Crippen LogP contribution in [0.3, 0.4) is 0 Å². The van der Waals surface area contributed by atoms with Gasteiger partial charge in [-0.3, -0.25) is 4.79 Å². The van der Waals surface area contributed by atoms with Crippen molar-refractivity contribution < 1.29 is 9.32 Å². The molecular formula is C14H16ClN3O2S. The van der Waals surface area contributed by atoms with Crippen molar-refractivity contribution in [3.05, 3.63) is 46.6 Å². The second kappa shape index (κ2) is 7.47. The van der Waals surface area contributed by atoms with Crippen LogP contribution in [0, 0.1) is 6.92 Å². The van der Waals surface area contributed by atoms with E-state index in [-0.39, 0.29) is 11.9 Å². The first kappa shape index (κ1) is 15.9. The summed E-state index contributed by atoms with van der Waals surface area (Å²) in [7, 11) is 0. The maximum atomic E-state index is 11.9. The molecule has 1 aromatic carbocycles. The molecule has 0 spiro atoms. The van der Waals surface area contributed by atoms with Gasteiger partial charge in [-0.25, -0.2) is 0 Å². The Bertz CT molecular complexity index is 618. The monoisotopic (exact) mass is 325 g/mol. The topological polar surface area (TPSA) is 68.0 Å². The van der Waals surface area contributed by atoms with Crippen LogP contribution in [0.15, 0.2) is 28.8 Å². The van der Waals surface area contributed by atoms with Gasteiger partial charge in [-0.05, 0) is 24.6 Å². The van der Waals surface area contributed by atoms with E-state index in [2.05, 4.69) is 15.5 Å². The summed E-state index contributed by atoms with van der Waals surface area (Å²) in [5, 5.41) is 7.37. The molecule has 1 unspecified atom stereocenters. The summed E-state index contributed by atoms with van der Waals surface area (Å²) < 4.78 is 4.87. The second-order valence-electron chi connectivity index (χ2n) is 4.57. The number of carbonyl (C=O) groups excluding carboxylic acids is 1. The van der Waals surface area contributed by atoms with Crippen molar-refractivity contribution >= 4 is 29.3 Å². The van der Waals surface area contributed by atoms with Gasteiger partial charge in [-0.1, -0.05) is 28.9 Å². The molecule has 7 heteroatoms. The number of hydrogen-bond acceptors (Lipinski definition) is 5. The van der Waals surface area contributed by atoms with Crippen molar-refractivity contribution in [2.45, 2.75) is 25.6 Å². The zero-order chi connectivity index (χ0) is 15.2. The molecule has 0 aliphatic rings. The number of halogens is 1. The molecule has 112 valence electrons. The largest absolute Gasteiger partial charge is 0.349 e. The van der Waals surface area contributed by atoms with E-state index in [1.807, 2.05) is 31.2 Å². The van der Waals surface area contributed by atoms with E-state index in [9.17, 15) is 4.79 Å². The van der Waals surface area contributed by atoms with Gasteiger partial charge in [-0.15, -0.1) is 11.8 Å². The Kier molecular flexibility index (Phi) is 5.64. The molecule has 1 aromatic heterocycles. The third-order valence-corrected chi connectivity index (χ3v) is 3.92. The Morgan fingerprint density at radius 3 is 3.00 bits per heavy atom. The first-order chi connectivity index (χ1) is 10.0. The number of hydrogen-bond donors (Lipinski definition) is 1. The van der Waals surface area contributed by atoms with Crippen LogP contribution in [0.25, 0.3) is 0 Å². The minimum Gasteiger partial charge on any atom is -0.349 e. The van der Waals surface area contributed by atoms with E-state index in [4.69, 9.17) is 16.1 Å². The zero-order valence-electron chi connectivity index (χ0n) is 11.8. The van der Waals surface area contributed by atoms with Gasteiger partial charge < -0.3 is 9.84 Å². The number of nitrogens with one attached hydrogen (secondary N) is 1. The highest BCUT2D eigenvalue weighted by Crippen LogP contribution is 2.17. The van der Waals surface area contributed by atoms with Gasteiger partial charge in [-0.2, -0.15) is 4.98 Å². The third-order valence-electron chi connectivity index (χ3n) is 2.76. The van der Waals surface area contributed by atoms with Crippen LogP contribution < -0.4 is 5.32 Å². The highest BCUT2D eigenvalue weighted by atomic mass is 35.5. The summed E-state index contributed by atoms with van der Waals surface area (Å²) in [5.74, 6) is 2.00. The summed E-state index contributed by atoms with van der Waals surface area (Å²) >= 11 is 7.38. The minimum absolute atomic E-state index is 0.0345. The predicted octanol–water partition coefficient (Wildman–Crippen LogP) is 3.14. The van der Waals surface area contributed by atoms with E-state index in [1.165, 1.54) is 11.8 Å². The molecule has 1 heterocycles. The Balaban J connectivity index is 1.76. The fraction of sp³-hybridized carbons (Fsp3) is 0.357. The van der Waals surface area contributed by atoms with Gasteiger partial charge >= 0.3 is 0 Å². The van der Waals surface area contributed by atoms with Crippen LogP contribution in [-0.4, -0.2) is 21.8 Å². The summed E-state index contributed by atoms with van der Waals surface area (Å²) in [6.07, 6.45) is 0. The molecule has 0 bridgehead atoms. The van der Waals surface area contributed by atoms with Crippen LogP contribution >= 0.6 is 23.4 Å². The number of aryl methyl sites for hydroxylation is 1. The molecule has 0 aliphatic heterocycles. The van der Waals surface area contributed by atoms with Crippen molar-refractivity contribution in [1.82, 2.24) is 15.5 Å². The van der Waals surface area contributed by atoms with Crippen LogP contribution in [0.1, 0.15) is 30.2 Å². The maximum absolute atomic E-state index is 11.9. The molecule has 1 amide bonds. The fourth-order valence-electron chi connectivity index (χ4n) is 1.78. The van der Waals surface area contributed by atoms with Gasteiger partial charge in [0, 0.05) is 11.9 Å². The van der Waals surface area contributed by atoms with E-state index in [1.54, 1.807) is 6.92 Å². The number of nitrogens with zero attached hydrogens (tertiary/aromatic N) is 2. The highest BCUT2D eigenvalue weighted by molar-refractivity contribution is 7.99. The van der Waals surface area contributed by atoms with Crippen molar-refractivity contribution in [2.75, 3.05) is 5.75 Å². The summed E-state index contributed by atoms with van der Waals surface area (Å²) in [6, 6.07) is 7.38. The quantitative estimate of drug-likeness (QED) is 0.883. The van der Waals surface area contributed by atoms with Crippen LogP contribution in [0.4, 0.5) is 0 Å². The third kappa shape index (κ3) is 5.06. The Morgan fingerprint density at radius 1 is 1.52 bits per heavy atom. The lowest BCUT2D eigenvalue weighted by Crippen LogP contribution is -2.28. The number of aromatic nitrogens is 2. The molecular weight excluding hydrogens is 310 g/mol. The van der Waals surface area contributed by atoms with Crippen LogP contribution in [0.2, 0.25) is 5.02 Å². The smallest absolute Gasteiger partial charge is 0.230 e. The number of thioether (sulfide) groups is 1. The van der Waals surface area contributed by atoms with Gasteiger partial charge in [0.25, 0.3) is 0 Å². The minimum atomic E-state index is -0.0794. The molecule has 2 rings (SSSR count). The average Bonchev–Trinajstić information content (AvgIpc) is 2.84. The van der Waals surface area contributed by atoms with E-state index >= 15 is 0 Å². The second-order valence-corrected chi connectivity index (χ2v) is 5.99. The molecule has 0 saturated carbocycles. The molecule has 0 aliphatic carbocycles. The molecule has 1 atom stereocenters. The van der Waals surface area contributed by atoms with Crippen LogP contribution in [-0.2, 0) is 10.5 Å². The van der Waals surface area contributed by atoms with Gasteiger partial charge in [0.1, 0.15) is 0 Å². The number of amides is 1. The summed E-state index contributed by atoms with van der Waals surface area (Å²) in [4.78, 5) is 16.0. The normalized spacial score (nSPS) is 12.1. The standard InChI is InChI=1S/C14H16ClN3O2S/c1-9(11-4-3-5-12(15)6-11)16-14(19)8-21-7-13-17-10(2)20-18-13/h3-6,9H,7-8H2,1-2H3,(H,16,19). The number of benzene rings is 1. The van der Waals surface area contributed by atoms with E-state index in [0.29, 0.717) is 28.2 Å². The molecule has 0 saturated heterocycles. The zero-order valence-corrected chi connectivity index (χ0v) is 13.4. The molecule has 5 nitrogen and oxygen atoms in total. The van der Waals surface area contributed by atoms with Crippen LogP contribution in [0.5, 0.6) is 0 Å².